The van der Waals surface area contributed by atoms with Crippen LogP contribution in [-0.4, -0.2) is 28.7 Å². The van der Waals surface area contributed by atoms with Crippen LogP contribution < -0.4 is 0 Å². The Bertz CT molecular complexity index is 328. The van der Waals surface area contributed by atoms with E-state index in [1.54, 1.807) is 11.9 Å². The van der Waals surface area contributed by atoms with Gasteiger partial charge in [-0.3, -0.25) is 9.78 Å². The van der Waals surface area contributed by atoms with Crippen LogP contribution in [0.4, 0.5) is 0 Å². The van der Waals surface area contributed by atoms with Gasteiger partial charge in [0.1, 0.15) is 5.88 Å². The monoisotopic (exact) mass is 212 g/mol. The van der Waals surface area contributed by atoms with Crippen LogP contribution in [0.3, 0.4) is 0 Å². The maximum absolute atomic E-state index is 11.2. The Hall–Kier alpha value is -1.09. The van der Waals surface area contributed by atoms with Gasteiger partial charge in [0.25, 0.3) is 0 Å². The van der Waals surface area contributed by atoms with Crippen LogP contribution >= 0.6 is 11.6 Å². The summed E-state index contributed by atoms with van der Waals surface area (Å²) in [6.07, 6.45) is 0. The van der Waals surface area contributed by atoms with Gasteiger partial charge in [0.2, 0.25) is 5.91 Å². The molecule has 0 aliphatic rings. The van der Waals surface area contributed by atoms with Gasteiger partial charge < -0.3 is 4.90 Å². The summed E-state index contributed by atoms with van der Waals surface area (Å²) in [5, 5.41) is 0. The number of rotatable bonds is 3. The average molecular weight is 213 g/mol. The van der Waals surface area contributed by atoms with Gasteiger partial charge >= 0.3 is 0 Å². The molecule has 0 spiro atoms. The molecular weight excluding hydrogens is 200 g/mol. The molecule has 0 radical (unpaired) electrons. The summed E-state index contributed by atoms with van der Waals surface area (Å²) < 4.78 is 0. The summed E-state index contributed by atoms with van der Waals surface area (Å²) in [5.74, 6) is -0.0718. The molecule has 1 amide bonds. The molecular formula is C10H13ClN2O. The molecule has 3 nitrogen and oxygen atoms in total. The van der Waals surface area contributed by atoms with Gasteiger partial charge in [0, 0.05) is 12.7 Å². The van der Waals surface area contributed by atoms with E-state index in [0.29, 0.717) is 6.54 Å². The lowest BCUT2D eigenvalue weighted by molar-refractivity contribution is -0.127. The smallest absolute Gasteiger partial charge is 0.237 e. The zero-order valence-electron chi connectivity index (χ0n) is 8.33. The molecule has 0 aliphatic heterocycles. The van der Waals surface area contributed by atoms with Gasteiger partial charge in [-0.2, -0.15) is 0 Å². The molecule has 0 bridgehead atoms. The number of pyridine rings is 1. The van der Waals surface area contributed by atoms with E-state index in [2.05, 4.69) is 4.98 Å². The Labute approximate surface area is 88.7 Å². The topological polar surface area (TPSA) is 33.2 Å². The predicted octanol–water partition coefficient (Wildman–Crippen LogP) is 1.59. The maximum atomic E-state index is 11.2. The fraction of sp³-hybridized carbons (Fsp3) is 0.400. The predicted molar refractivity (Wildman–Crippen MR) is 56.2 cm³/mol. The standard InChI is InChI=1S/C10H13ClN2O/c1-8-4-3-5-9(12-8)7-13(2)10(14)6-11/h3-5H,6-7H2,1-2H3. The average Bonchev–Trinajstić information content (AvgIpc) is 2.16. The van der Waals surface area contributed by atoms with E-state index in [-0.39, 0.29) is 11.8 Å². The van der Waals surface area contributed by atoms with Gasteiger partial charge in [-0.1, -0.05) is 6.07 Å². The highest BCUT2D eigenvalue weighted by Crippen LogP contribution is 2.02. The van der Waals surface area contributed by atoms with E-state index in [0.717, 1.165) is 11.4 Å². The van der Waals surface area contributed by atoms with E-state index in [4.69, 9.17) is 11.6 Å². The third-order valence-corrected chi connectivity index (χ3v) is 2.11. The summed E-state index contributed by atoms with van der Waals surface area (Å²) in [4.78, 5) is 17.0. The Kier molecular flexibility index (Phi) is 3.89. The van der Waals surface area contributed by atoms with E-state index >= 15 is 0 Å². The lowest BCUT2D eigenvalue weighted by Crippen LogP contribution is -2.27. The SMILES string of the molecule is Cc1cccc(CN(C)C(=O)CCl)n1. The molecule has 76 valence electrons. The first kappa shape index (κ1) is 11.0. The lowest BCUT2D eigenvalue weighted by Gasteiger charge is -2.15. The van der Waals surface area contributed by atoms with Crippen molar-refractivity contribution in [1.82, 2.24) is 9.88 Å². The number of hydrogen-bond donors (Lipinski definition) is 0. The van der Waals surface area contributed by atoms with Crippen LogP contribution in [-0.2, 0) is 11.3 Å². The van der Waals surface area contributed by atoms with Crippen molar-refractivity contribution in [3.8, 4) is 0 Å². The van der Waals surface area contributed by atoms with Gasteiger partial charge in [-0.15, -0.1) is 11.6 Å². The number of aryl methyl sites for hydroxylation is 1. The van der Waals surface area contributed by atoms with Crippen LogP contribution in [0.15, 0.2) is 18.2 Å². The number of aromatic nitrogens is 1. The molecule has 0 atom stereocenters. The number of hydrogen-bond acceptors (Lipinski definition) is 2. The molecule has 0 aliphatic carbocycles. The molecule has 0 unspecified atom stereocenters. The summed E-state index contributed by atoms with van der Waals surface area (Å²) >= 11 is 5.43. The number of carbonyl (C=O) groups is 1. The van der Waals surface area contributed by atoms with Crippen LogP contribution in [0, 0.1) is 6.92 Å². The molecule has 1 aromatic rings. The van der Waals surface area contributed by atoms with Crippen LogP contribution in [0.5, 0.6) is 0 Å². The number of carbonyl (C=O) groups excluding carboxylic acids is 1. The third-order valence-electron chi connectivity index (χ3n) is 1.89. The minimum absolute atomic E-state index is 0.0162. The Balaban J connectivity index is 2.64. The molecule has 0 saturated heterocycles. The fourth-order valence-corrected chi connectivity index (χ4v) is 1.32. The molecule has 1 aromatic heterocycles. The van der Waals surface area contributed by atoms with Gasteiger partial charge in [0.15, 0.2) is 0 Å². The van der Waals surface area contributed by atoms with E-state index < -0.39 is 0 Å². The second kappa shape index (κ2) is 4.96. The van der Waals surface area contributed by atoms with Crippen molar-refractivity contribution >= 4 is 17.5 Å². The van der Waals surface area contributed by atoms with Crippen LogP contribution in [0.2, 0.25) is 0 Å². The van der Waals surface area contributed by atoms with Crippen molar-refractivity contribution in [1.29, 1.82) is 0 Å². The fourth-order valence-electron chi connectivity index (χ4n) is 1.12. The molecule has 14 heavy (non-hydrogen) atoms. The number of nitrogens with zero attached hydrogens (tertiary/aromatic N) is 2. The van der Waals surface area contributed by atoms with E-state index in [9.17, 15) is 4.79 Å². The van der Waals surface area contributed by atoms with Crippen molar-refractivity contribution in [2.24, 2.45) is 0 Å². The third kappa shape index (κ3) is 3.00. The first-order valence-corrected chi connectivity index (χ1v) is 4.89. The second-order valence-corrected chi connectivity index (χ2v) is 3.42. The molecule has 1 rings (SSSR count). The van der Waals surface area contributed by atoms with Crippen molar-refractivity contribution in [3.63, 3.8) is 0 Å². The van der Waals surface area contributed by atoms with Crippen molar-refractivity contribution in [2.75, 3.05) is 12.9 Å². The van der Waals surface area contributed by atoms with Crippen molar-refractivity contribution in [3.05, 3.63) is 29.6 Å². The van der Waals surface area contributed by atoms with Crippen LogP contribution in [0.25, 0.3) is 0 Å². The lowest BCUT2D eigenvalue weighted by atomic mass is 10.3. The highest BCUT2D eigenvalue weighted by Gasteiger charge is 2.07. The number of alkyl halides is 1. The summed E-state index contributed by atoms with van der Waals surface area (Å²) in [6, 6.07) is 5.74. The summed E-state index contributed by atoms with van der Waals surface area (Å²) in [6.45, 7) is 2.43. The van der Waals surface area contributed by atoms with Crippen molar-refractivity contribution < 1.29 is 4.79 Å². The maximum Gasteiger partial charge on any atom is 0.237 e. The highest BCUT2D eigenvalue weighted by atomic mass is 35.5. The Morgan fingerprint density at radius 3 is 2.86 bits per heavy atom. The zero-order valence-corrected chi connectivity index (χ0v) is 9.08. The Morgan fingerprint density at radius 1 is 1.57 bits per heavy atom. The molecule has 0 aromatic carbocycles. The van der Waals surface area contributed by atoms with Gasteiger partial charge in [0.05, 0.1) is 12.2 Å². The minimum atomic E-state index is -0.0880. The first-order valence-electron chi connectivity index (χ1n) is 4.36. The molecule has 0 N–H and O–H groups in total. The largest absolute Gasteiger partial charge is 0.339 e. The summed E-state index contributed by atoms with van der Waals surface area (Å²) in [7, 11) is 1.72. The van der Waals surface area contributed by atoms with Gasteiger partial charge in [-0.05, 0) is 19.1 Å². The van der Waals surface area contributed by atoms with Crippen LogP contribution in [0.1, 0.15) is 11.4 Å². The van der Waals surface area contributed by atoms with E-state index in [1.807, 2.05) is 25.1 Å². The highest BCUT2D eigenvalue weighted by molar-refractivity contribution is 6.27. The minimum Gasteiger partial charge on any atom is -0.339 e. The summed E-state index contributed by atoms with van der Waals surface area (Å²) in [5.41, 5.74) is 1.83. The zero-order chi connectivity index (χ0) is 10.6. The molecule has 1 heterocycles. The quantitative estimate of drug-likeness (QED) is 0.713. The molecule has 0 saturated carbocycles. The van der Waals surface area contributed by atoms with Crippen molar-refractivity contribution in [2.45, 2.75) is 13.5 Å². The number of halogens is 1. The Morgan fingerprint density at radius 2 is 2.29 bits per heavy atom. The second-order valence-electron chi connectivity index (χ2n) is 3.15. The normalized spacial score (nSPS) is 9.93. The van der Waals surface area contributed by atoms with Gasteiger partial charge in [-0.25, -0.2) is 0 Å². The van der Waals surface area contributed by atoms with E-state index in [1.165, 1.54) is 0 Å². The molecule has 0 fully saturated rings. The number of amides is 1. The molecule has 4 heteroatoms. The first-order chi connectivity index (χ1) is 6.63.